The molecule has 0 atom stereocenters. The molecule has 0 saturated carbocycles. The number of furan rings is 1. The van der Waals surface area contributed by atoms with E-state index in [4.69, 9.17) is 4.42 Å². The normalized spacial score (nSPS) is 11.9. The van der Waals surface area contributed by atoms with Gasteiger partial charge in [-0.2, -0.15) is 0 Å². The summed E-state index contributed by atoms with van der Waals surface area (Å²) < 4.78 is 32.6. The van der Waals surface area contributed by atoms with Crippen molar-refractivity contribution in [3.8, 4) is 0 Å². The molecule has 0 bridgehead atoms. The lowest BCUT2D eigenvalue weighted by atomic mass is 10.2. The van der Waals surface area contributed by atoms with Gasteiger partial charge in [-0.1, -0.05) is 35.9 Å². The van der Waals surface area contributed by atoms with Crippen LogP contribution in [0.3, 0.4) is 0 Å². The van der Waals surface area contributed by atoms with Crippen molar-refractivity contribution in [1.29, 1.82) is 0 Å². The highest BCUT2D eigenvalue weighted by Gasteiger charge is 2.13. The second kappa shape index (κ2) is 5.94. The molecule has 0 aliphatic rings. The van der Waals surface area contributed by atoms with Gasteiger partial charge in [-0.15, -0.1) is 0 Å². The lowest BCUT2D eigenvalue weighted by Gasteiger charge is -2.06. The minimum Gasteiger partial charge on any atom is -0.461 e. The van der Waals surface area contributed by atoms with Crippen LogP contribution in [0.5, 0.6) is 0 Å². The third kappa shape index (κ3) is 3.21. The highest BCUT2D eigenvalue weighted by molar-refractivity contribution is 7.89. The summed E-state index contributed by atoms with van der Waals surface area (Å²) >= 11 is 0. The van der Waals surface area contributed by atoms with Crippen molar-refractivity contribution in [2.45, 2.75) is 18.2 Å². The van der Waals surface area contributed by atoms with E-state index >= 15 is 0 Å². The molecule has 1 heterocycles. The number of hydrogen-bond donors (Lipinski definition) is 1. The largest absolute Gasteiger partial charge is 0.461 e. The van der Waals surface area contributed by atoms with Gasteiger partial charge in [0.2, 0.25) is 10.0 Å². The van der Waals surface area contributed by atoms with Gasteiger partial charge in [0, 0.05) is 18.4 Å². The van der Waals surface area contributed by atoms with E-state index < -0.39 is 10.0 Å². The van der Waals surface area contributed by atoms with Gasteiger partial charge in [0.1, 0.15) is 11.3 Å². The van der Waals surface area contributed by atoms with E-state index in [1.807, 2.05) is 37.3 Å². The molecule has 0 fully saturated rings. The number of hydrogen-bond acceptors (Lipinski definition) is 3. The van der Waals surface area contributed by atoms with Gasteiger partial charge >= 0.3 is 0 Å². The molecule has 5 heteroatoms. The van der Waals surface area contributed by atoms with E-state index in [0.717, 1.165) is 22.3 Å². The molecule has 3 aromatic rings. The lowest BCUT2D eigenvalue weighted by Crippen LogP contribution is -2.25. The fourth-order valence-corrected chi connectivity index (χ4v) is 3.30. The van der Waals surface area contributed by atoms with Crippen LogP contribution in [0.1, 0.15) is 11.3 Å². The van der Waals surface area contributed by atoms with Gasteiger partial charge in [0.05, 0.1) is 4.90 Å². The average Bonchev–Trinajstić information content (AvgIpc) is 2.90. The van der Waals surface area contributed by atoms with Crippen molar-refractivity contribution in [2.75, 3.05) is 6.54 Å². The predicted molar refractivity (Wildman–Crippen MR) is 86.3 cm³/mol. The first kappa shape index (κ1) is 14.8. The number of fused-ring (bicyclic) bond motifs is 1. The van der Waals surface area contributed by atoms with Gasteiger partial charge in [-0.3, -0.25) is 0 Å². The second-order valence-electron chi connectivity index (χ2n) is 5.21. The standard InChI is InChI=1S/C17H17NO3S/c1-13-6-8-16(9-7-13)22(19,20)18-11-10-15-12-14-4-2-3-5-17(14)21-15/h2-9,12,18H,10-11H2,1H3. The second-order valence-corrected chi connectivity index (χ2v) is 6.98. The van der Waals surface area contributed by atoms with Crippen LogP contribution in [0, 0.1) is 6.92 Å². The Balaban J connectivity index is 1.65. The Labute approximate surface area is 129 Å². The fraction of sp³-hybridized carbons (Fsp3) is 0.176. The Kier molecular flexibility index (Phi) is 4.00. The number of nitrogens with one attached hydrogen (secondary N) is 1. The van der Waals surface area contributed by atoms with E-state index in [1.165, 1.54) is 0 Å². The fourth-order valence-electron chi connectivity index (χ4n) is 2.27. The van der Waals surface area contributed by atoms with Gasteiger partial charge in [0.25, 0.3) is 0 Å². The van der Waals surface area contributed by atoms with Crippen molar-refractivity contribution >= 4 is 21.0 Å². The maximum absolute atomic E-state index is 12.2. The third-order valence-corrected chi connectivity index (χ3v) is 4.95. The van der Waals surface area contributed by atoms with Crippen molar-refractivity contribution in [1.82, 2.24) is 4.72 Å². The first-order valence-electron chi connectivity index (χ1n) is 7.08. The van der Waals surface area contributed by atoms with Gasteiger partial charge < -0.3 is 4.42 Å². The minimum atomic E-state index is -3.47. The van der Waals surface area contributed by atoms with E-state index in [0.29, 0.717) is 13.0 Å². The molecule has 0 saturated heterocycles. The molecule has 114 valence electrons. The van der Waals surface area contributed by atoms with Crippen LogP contribution >= 0.6 is 0 Å². The quantitative estimate of drug-likeness (QED) is 0.786. The average molecular weight is 315 g/mol. The molecule has 1 aromatic heterocycles. The third-order valence-electron chi connectivity index (χ3n) is 3.47. The smallest absolute Gasteiger partial charge is 0.240 e. The Hall–Kier alpha value is -2.11. The summed E-state index contributed by atoms with van der Waals surface area (Å²) in [5.41, 5.74) is 1.85. The molecule has 4 nitrogen and oxygen atoms in total. The maximum atomic E-state index is 12.2. The molecule has 2 aromatic carbocycles. The Bertz CT molecular complexity index is 847. The van der Waals surface area contributed by atoms with E-state index in [2.05, 4.69) is 4.72 Å². The molecule has 0 amide bonds. The van der Waals surface area contributed by atoms with Gasteiger partial charge in [0.15, 0.2) is 0 Å². The highest BCUT2D eigenvalue weighted by Crippen LogP contribution is 2.19. The number of sulfonamides is 1. The SMILES string of the molecule is Cc1ccc(S(=O)(=O)NCCc2cc3ccccc3o2)cc1. The van der Waals surface area contributed by atoms with Gasteiger partial charge in [-0.25, -0.2) is 13.1 Å². The minimum absolute atomic E-state index is 0.280. The lowest BCUT2D eigenvalue weighted by molar-refractivity contribution is 0.540. The number of para-hydroxylation sites is 1. The number of rotatable bonds is 5. The summed E-state index contributed by atoms with van der Waals surface area (Å²) in [5, 5.41) is 1.03. The Morgan fingerprint density at radius 3 is 2.50 bits per heavy atom. The number of aryl methyl sites for hydroxylation is 1. The van der Waals surface area contributed by atoms with Crippen LogP contribution in [0.25, 0.3) is 11.0 Å². The van der Waals surface area contributed by atoms with Crippen molar-refractivity contribution < 1.29 is 12.8 Å². The first-order chi connectivity index (χ1) is 10.5. The van der Waals surface area contributed by atoms with Crippen LogP contribution in [-0.4, -0.2) is 15.0 Å². The van der Waals surface area contributed by atoms with Crippen LogP contribution in [0.15, 0.2) is 63.9 Å². The summed E-state index contributed by atoms with van der Waals surface area (Å²) in [5.74, 6) is 0.771. The maximum Gasteiger partial charge on any atom is 0.240 e. The Morgan fingerprint density at radius 1 is 1.05 bits per heavy atom. The highest BCUT2D eigenvalue weighted by atomic mass is 32.2. The monoisotopic (exact) mass is 315 g/mol. The molecular formula is C17H17NO3S. The molecule has 0 spiro atoms. The molecule has 1 N–H and O–H groups in total. The van der Waals surface area contributed by atoms with Crippen molar-refractivity contribution in [3.63, 3.8) is 0 Å². The van der Waals surface area contributed by atoms with Crippen molar-refractivity contribution in [2.24, 2.45) is 0 Å². The number of benzene rings is 2. The zero-order valence-electron chi connectivity index (χ0n) is 12.2. The summed E-state index contributed by atoms with van der Waals surface area (Å²) in [4.78, 5) is 0.280. The van der Waals surface area contributed by atoms with E-state index in [1.54, 1.807) is 24.3 Å². The summed E-state index contributed by atoms with van der Waals surface area (Å²) in [7, 11) is -3.47. The zero-order chi connectivity index (χ0) is 15.6. The van der Waals surface area contributed by atoms with Crippen LogP contribution in [-0.2, 0) is 16.4 Å². The van der Waals surface area contributed by atoms with Crippen molar-refractivity contribution in [3.05, 3.63) is 65.9 Å². The van der Waals surface area contributed by atoms with E-state index in [9.17, 15) is 8.42 Å². The summed E-state index contributed by atoms with van der Waals surface area (Å²) in [6.45, 7) is 2.22. The summed E-state index contributed by atoms with van der Waals surface area (Å²) in [6, 6.07) is 16.5. The molecule has 22 heavy (non-hydrogen) atoms. The van der Waals surface area contributed by atoms with E-state index in [-0.39, 0.29) is 4.90 Å². The molecule has 0 radical (unpaired) electrons. The van der Waals surface area contributed by atoms with Crippen LogP contribution in [0.4, 0.5) is 0 Å². The summed E-state index contributed by atoms with van der Waals surface area (Å²) in [6.07, 6.45) is 0.514. The molecule has 3 rings (SSSR count). The van der Waals surface area contributed by atoms with Crippen LogP contribution < -0.4 is 4.72 Å². The zero-order valence-corrected chi connectivity index (χ0v) is 13.1. The molecule has 0 unspecified atom stereocenters. The van der Waals surface area contributed by atoms with Crippen LogP contribution in [0.2, 0.25) is 0 Å². The first-order valence-corrected chi connectivity index (χ1v) is 8.57. The molecule has 0 aliphatic carbocycles. The topological polar surface area (TPSA) is 59.3 Å². The molecule has 0 aliphatic heterocycles. The van der Waals surface area contributed by atoms with Gasteiger partial charge in [-0.05, 0) is 31.2 Å². The Morgan fingerprint density at radius 2 is 1.77 bits per heavy atom. The molecular weight excluding hydrogens is 298 g/mol. The predicted octanol–water partition coefficient (Wildman–Crippen LogP) is 3.26.